The molecular weight excluding hydrogens is 330 g/mol. The lowest BCUT2D eigenvalue weighted by Gasteiger charge is -2.26. The van der Waals surface area contributed by atoms with Crippen LogP contribution in [0.5, 0.6) is 5.75 Å². The van der Waals surface area contributed by atoms with Gasteiger partial charge in [-0.25, -0.2) is 4.39 Å². The molecule has 0 N–H and O–H groups in total. The molecule has 1 aliphatic carbocycles. The average Bonchev–Trinajstić information content (AvgIpc) is 2.66. The van der Waals surface area contributed by atoms with Gasteiger partial charge in [-0.3, -0.25) is 0 Å². The van der Waals surface area contributed by atoms with Gasteiger partial charge in [-0.1, -0.05) is 48.8 Å². The van der Waals surface area contributed by atoms with Gasteiger partial charge in [0.15, 0.2) is 11.6 Å². The van der Waals surface area contributed by atoms with E-state index in [1.807, 2.05) is 12.1 Å². The van der Waals surface area contributed by atoms with Gasteiger partial charge in [0.05, 0.1) is 7.11 Å². The average molecular weight is 356 g/mol. The Kier molecular flexibility index (Phi) is 5.75. The van der Waals surface area contributed by atoms with Gasteiger partial charge in [-0.05, 0) is 61.8 Å². The van der Waals surface area contributed by atoms with Crippen LogP contribution < -0.4 is 4.74 Å². The third-order valence-corrected chi connectivity index (χ3v) is 5.46. The predicted octanol–water partition coefficient (Wildman–Crippen LogP) is 7.02. The molecule has 0 saturated heterocycles. The molecule has 0 spiro atoms. The number of ether oxygens (including phenoxy) is 1. The van der Waals surface area contributed by atoms with Gasteiger partial charge < -0.3 is 4.74 Å². The van der Waals surface area contributed by atoms with Crippen molar-refractivity contribution in [1.29, 1.82) is 0 Å². The Morgan fingerprint density at radius 2 is 1.77 bits per heavy atom. The van der Waals surface area contributed by atoms with Crippen LogP contribution in [0, 0.1) is 11.6 Å². The van der Waals surface area contributed by atoms with E-state index in [-0.39, 0.29) is 11.3 Å². The summed E-state index contributed by atoms with van der Waals surface area (Å²) in [5.41, 5.74) is 5.37. The van der Waals surface area contributed by atoms with E-state index in [1.54, 1.807) is 11.6 Å². The van der Waals surface area contributed by atoms with E-state index in [4.69, 9.17) is 4.74 Å². The third kappa shape index (κ3) is 3.67. The Balaban J connectivity index is 1.81. The quantitative estimate of drug-likeness (QED) is 0.523. The summed E-state index contributed by atoms with van der Waals surface area (Å²) in [7, 11) is 1.33. The van der Waals surface area contributed by atoms with E-state index in [2.05, 4.69) is 26.0 Å². The third-order valence-electron chi connectivity index (χ3n) is 5.46. The molecular formula is C23H26F2O. The molecule has 0 aliphatic heterocycles. The maximum atomic E-state index is 14.3. The normalized spacial score (nSPS) is 17.5. The second kappa shape index (κ2) is 8.03. The summed E-state index contributed by atoms with van der Waals surface area (Å²) in [5.74, 6) is -1.36. The molecule has 0 saturated carbocycles. The van der Waals surface area contributed by atoms with E-state index >= 15 is 0 Å². The molecule has 2 aromatic rings. The number of rotatable bonds is 5. The first-order chi connectivity index (χ1) is 12.5. The first kappa shape index (κ1) is 18.6. The van der Waals surface area contributed by atoms with Crippen molar-refractivity contribution in [2.75, 3.05) is 7.11 Å². The highest BCUT2D eigenvalue weighted by atomic mass is 19.2. The first-order valence-corrected chi connectivity index (χ1v) is 9.35. The Morgan fingerprint density at radius 3 is 2.38 bits per heavy atom. The number of allylic oxidation sites excluding steroid dienone is 2. The first-order valence-electron chi connectivity index (χ1n) is 9.35. The van der Waals surface area contributed by atoms with Crippen molar-refractivity contribution in [3.8, 4) is 16.9 Å². The maximum Gasteiger partial charge on any atom is 0.201 e. The van der Waals surface area contributed by atoms with Gasteiger partial charge in [-0.15, -0.1) is 0 Å². The molecule has 1 unspecified atom stereocenters. The van der Waals surface area contributed by atoms with Crippen LogP contribution in [0.15, 0.2) is 47.5 Å². The summed E-state index contributed by atoms with van der Waals surface area (Å²) in [6, 6.07) is 10.9. The summed E-state index contributed by atoms with van der Waals surface area (Å²) < 4.78 is 33.1. The summed E-state index contributed by atoms with van der Waals surface area (Å²) in [6.07, 6.45) is 5.85. The fourth-order valence-corrected chi connectivity index (χ4v) is 3.95. The molecule has 0 amide bonds. The van der Waals surface area contributed by atoms with Gasteiger partial charge in [0.2, 0.25) is 5.82 Å². The Bertz CT molecular complexity index is 806. The minimum atomic E-state index is -0.939. The Morgan fingerprint density at radius 1 is 1.04 bits per heavy atom. The Hall–Kier alpha value is -2.16. The molecule has 0 radical (unpaired) electrons. The summed E-state index contributed by atoms with van der Waals surface area (Å²) in [5, 5.41) is 0. The predicted molar refractivity (Wildman–Crippen MR) is 103 cm³/mol. The molecule has 1 aliphatic rings. The van der Waals surface area contributed by atoms with E-state index in [0.717, 1.165) is 12.8 Å². The number of hydrogen-bond donors (Lipinski definition) is 0. The maximum absolute atomic E-state index is 14.3. The minimum absolute atomic E-state index is 0.0739. The molecule has 0 bridgehead atoms. The van der Waals surface area contributed by atoms with E-state index in [0.29, 0.717) is 11.5 Å². The van der Waals surface area contributed by atoms with Crippen LogP contribution in [0.4, 0.5) is 8.78 Å². The molecule has 3 rings (SSSR count). The highest BCUT2D eigenvalue weighted by Crippen LogP contribution is 2.38. The van der Waals surface area contributed by atoms with Gasteiger partial charge in [0.25, 0.3) is 0 Å². The zero-order valence-corrected chi connectivity index (χ0v) is 15.7. The molecule has 1 atom stereocenters. The number of halogens is 2. The second-order valence-electron chi connectivity index (χ2n) is 7.14. The standard InChI is InChI=1S/C23H26F2O/c1-4-5-16-6-11-19(14-15(16)2)17-7-9-18(10-8-17)20-12-13-21(26-3)23(25)22(20)24/h7-10,12-13,19H,4-6,11,14H2,1-3H3. The van der Waals surface area contributed by atoms with Crippen molar-refractivity contribution < 1.29 is 13.5 Å². The molecule has 138 valence electrons. The van der Waals surface area contributed by atoms with Crippen LogP contribution in [0.3, 0.4) is 0 Å². The second-order valence-corrected chi connectivity index (χ2v) is 7.14. The van der Waals surface area contributed by atoms with Crippen LogP contribution in [-0.4, -0.2) is 7.11 Å². The number of methoxy groups -OCH3 is 1. The highest BCUT2D eigenvalue weighted by molar-refractivity contribution is 5.65. The van der Waals surface area contributed by atoms with Gasteiger partial charge >= 0.3 is 0 Å². The fourth-order valence-electron chi connectivity index (χ4n) is 3.95. The molecule has 0 aromatic heterocycles. The largest absolute Gasteiger partial charge is 0.494 e. The number of hydrogen-bond acceptors (Lipinski definition) is 1. The van der Waals surface area contributed by atoms with Crippen LogP contribution in [0.1, 0.15) is 57.4 Å². The molecule has 2 aromatic carbocycles. The van der Waals surface area contributed by atoms with Crippen LogP contribution in [0.25, 0.3) is 11.1 Å². The summed E-state index contributed by atoms with van der Waals surface area (Å²) >= 11 is 0. The topological polar surface area (TPSA) is 9.23 Å². The van der Waals surface area contributed by atoms with Crippen molar-refractivity contribution >= 4 is 0 Å². The zero-order chi connectivity index (χ0) is 18.7. The fraction of sp³-hybridized carbons (Fsp3) is 0.391. The Labute approximate surface area is 154 Å². The van der Waals surface area contributed by atoms with Crippen molar-refractivity contribution in [2.24, 2.45) is 0 Å². The molecule has 1 nitrogen and oxygen atoms in total. The minimum Gasteiger partial charge on any atom is -0.494 e. The lowest BCUT2D eigenvalue weighted by Crippen LogP contribution is -2.08. The summed E-state index contributed by atoms with van der Waals surface area (Å²) in [4.78, 5) is 0. The number of benzene rings is 2. The zero-order valence-electron chi connectivity index (χ0n) is 15.7. The van der Waals surface area contributed by atoms with Gasteiger partial charge in [-0.2, -0.15) is 4.39 Å². The van der Waals surface area contributed by atoms with E-state index in [9.17, 15) is 8.78 Å². The van der Waals surface area contributed by atoms with E-state index in [1.165, 1.54) is 43.6 Å². The molecule has 3 heteroatoms. The lowest BCUT2D eigenvalue weighted by molar-refractivity contribution is 0.372. The molecule has 0 heterocycles. The van der Waals surface area contributed by atoms with Crippen molar-refractivity contribution in [1.82, 2.24) is 0 Å². The SMILES string of the molecule is CCCC1=C(C)CC(c2ccc(-c3ccc(OC)c(F)c3F)cc2)CC1. The summed E-state index contributed by atoms with van der Waals surface area (Å²) in [6.45, 7) is 4.48. The monoisotopic (exact) mass is 356 g/mol. The highest BCUT2D eigenvalue weighted by Gasteiger charge is 2.20. The molecule has 0 fully saturated rings. The van der Waals surface area contributed by atoms with Crippen molar-refractivity contribution in [3.05, 3.63) is 64.7 Å². The van der Waals surface area contributed by atoms with Crippen molar-refractivity contribution in [2.45, 2.75) is 51.9 Å². The van der Waals surface area contributed by atoms with Crippen LogP contribution in [-0.2, 0) is 0 Å². The van der Waals surface area contributed by atoms with Crippen LogP contribution >= 0.6 is 0 Å². The van der Waals surface area contributed by atoms with Gasteiger partial charge in [0.1, 0.15) is 0 Å². The smallest absolute Gasteiger partial charge is 0.201 e. The molecule has 26 heavy (non-hydrogen) atoms. The van der Waals surface area contributed by atoms with Crippen molar-refractivity contribution in [3.63, 3.8) is 0 Å². The van der Waals surface area contributed by atoms with Crippen LogP contribution in [0.2, 0.25) is 0 Å². The van der Waals surface area contributed by atoms with E-state index < -0.39 is 11.6 Å². The lowest BCUT2D eigenvalue weighted by atomic mass is 9.79. The van der Waals surface area contributed by atoms with Gasteiger partial charge in [0, 0.05) is 5.56 Å².